The monoisotopic (exact) mass is 514 g/mol. The Kier molecular flexibility index (Phi) is 8.92. The van der Waals surface area contributed by atoms with E-state index in [1.807, 2.05) is 67.6 Å². The van der Waals surface area contributed by atoms with Crippen LogP contribution in [0.5, 0.6) is 11.5 Å². The Labute approximate surface area is 221 Å². The Hall–Kier alpha value is -4.13. The highest BCUT2D eigenvalue weighted by Crippen LogP contribution is 2.23. The van der Waals surface area contributed by atoms with Gasteiger partial charge in [0.2, 0.25) is 5.91 Å². The van der Waals surface area contributed by atoms with Crippen molar-refractivity contribution in [1.29, 1.82) is 0 Å². The highest BCUT2D eigenvalue weighted by atomic mass is 35.5. The van der Waals surface area contributed by atoms with Gasteiger partial charge in [-0.05, 0) is 72.6 Å². The van der Waals surface area contributed by atoms with Crippen LogP contribution in [0.2, 0.25) is 5.02 Å². The Morgan fingerprint density at radius 1 is 0.838 bits per heavy atom. The maximum atomic E-state index is 13.2. The number of carbonyl (C=O) groups is 2. The number of halogens is 1. The van der Waals surface area contributed by atoms with Crippen LogP contribution in [0.4, 0.5) is 5.69 Å². The molecule has 0 aromatic heterocycles. The van der Waals surface area contributed by atoms with Gasteiger partial charge < -0.3 is 20.1 Å². The predicted octanol–water partition coefficient (Wildman–Crippen LogP) is 6.39. The zero-order valence-electron chi connectivity index (χ0n) is 20.3. The largest absolute Gasteiger partial charge is 0.457 e. The molecule has 0 aliphatic carbocycles. The molecule has 1 unspecified atom stereocenters. The van der Waals surface area contributed by atoms with Crippen LogP contribution in [-0.4, -0.2) is 24.5 Å². The summed E-state index contributed by atoms with van der Waals surface area (Å²) in [5, 5.41) is 6.20. The summed E-state index contributed by atoms with van der Waals surface area (Å²) in [5.41, 5.74) is 2.71. The minimum atomic E-state index is -0.924. The van der Waals surface area contributed by atoms with Crippen molar-refractivity contribution < 1.29 is 19.1 Å². The highest BCUT2D eigenvalue weighted by molar-refractivity contribution is 6.31. The van der Waals surface area contributed by atoms with Crippen LogP contribution < -0.4 is 15.4 Å². The molecular formula is C30H27ClN2O4. The lowest BCUT2D eigenvalue weighted by molar-refractivity contribution is -0.119. The molecule has 4 rings (SSSR count). The normalized spacial score (nSPS) is 11.4. The third kappa shape index (κ3) is 7.67. The summed E-state index contributed by atoms with van der Waals surface area (Å²) in [6.07, 6.45) is 0. The van der Waals surface area contributed by atoms with Gasteiger partial charge in [-0.2, -0.15) is 0 Å². The van der Waals surface area contributed by atoms with Crippen molar-refractivity contribution in [3.63, 3.8) is 0 Å². The molecule has 0 aliphatic heterocycles. The van der Waals surface area contributed by atoms with Crippen LogP contribution in [-0.2, 0) is 16.1 Å². The number of ether oxygens (including phenoxy) is 2. The van der Waals surface area contributed by atoms with Gasteiger partial charge >= 0.3 is 0 Å². The van der Waals surface area contributed by atoms with Gasteiger partial charge in [0.05, 0.1) is 13.2 Å². The lowest BCUT2D eigenvalue weighted by atomic mass is 10.1. The van der Waals surface area contributed by atoms with E-state index in [2.05, 4.69) is 10.6 Å². The van der Waals surface area contributed by atoms with E-state index in [-0.39, 0.29) is 6.61 Å². The number of amides is 2. The van der Waals surface area contributed by atoms with Crippen LogP contribution >= 0.6 is 11.6 Å². The van der Waals surface area contributed by atoms with Gasteiger partial charge in [0.25, 0.3) is 5.91 Å². The van der Waals surface area contributed by atoms with E-state index in [9.17, 15) is 9.59 Å². The predicted molar refractivity (Wildman–Crippen MR) is 145 cm³/mol. The Morgan fingerprint density at radius 2 is 1.49 bits per heavy atom. The molecule has 0 saturated heterocycles. The first-order chi connectivity index (χ1) is 18.0. The Balaban J connectivity index is 1.42. The fraction of sp³-hybridized carbons (Fsp3) is 0.133. The number of para-hydroxylation sites is 1. The van der Waals surface area contributed by atoms with Crippen LogP contribution in [0.25, 0.3) is 0 Å². The van der Waals surface area contributed by atoms with Gasteiger partial charge in [0.15, 0.2) is 0 Å². The summed E-state index contributed by atoms with van der Waals surface area (Å²) < 4.78 is 11.6. The molecule has 6 nitrogen and oxygen atoms in total. The standard InChI is InChI=1S/C30H27ClN2O4/c1-21-18-23(12-17-27(21)31)29(34)33-28(20-36-19-22-8-4-2-5-9-22)30(35)32-24-13-15-26(16-14-24)37-25-10-6-3-7-11-25/h2-18,28H,19-20H2,1H3,(H,32,35)(H,33,34). The first-order valence-corrected chi connectivity index (χ1v) is 12.2. The minimum absolute atomic E-state index is 0.00571. The van der Waals surface area contributed by atoms with Gasteiger partial charge in [-0.1, -0.05) is 60.1 Å². The van der Waals surface area contributed by atoms with Crippen molar-refractivity contribution in [3.8, 4) is 11.5 Å². The van der Waals surface area contributed by atoms with Crippen LogP contribution in [0.3, 0.4) is 0 Å². The van der Waals surface area contributed by atoms with Gasteiger partial charge in [0, 0.05) is 16.3 Å². The van der Waals surface area contributed by atoms with Crippen molar-refractivity contribution in [2.24, 2.45) is 0 Å². The number of hydrogen-bond donors (Lipinski definition) is 2. The molecule has 0 radical (unpaired) electrons. The van der Waals surface area contributed by atoms with E-state index in [0.717, 1.165) is 16.9 Å². The molecular weight excluding hydrogens is 488 g/mol. The number of hydrogen-bond acceptors (Lipinski definition) is 4. The minimum Gasteiger partial charge on any atom is -0.457 e. The number of nitrogens with one attached hydrogen (secondary N) is 2. The summed E-state index contributed by atoms with van der Waals surface area (Å²) in [6.45, 7) is 2.12. The fourth-order valence-corrected chi connectivity index (χ4v) is 3.66. The Bertz CT molecular complexity index is 1330. The molecule has 0 aliphatic rings. The van der Waals surface area contributed by atoms with Gasteiger partial charge in [0.1, 0.15) is 17.5 Å². The van der Waals surface area contributed by atoms with E-state index in [1.165, 1.54) is 0 Å². The van der Waals surface area contributed by atoms with Gasteiger partial charge in [-0.3, -0.25) is 9.59 Å². The number of carbonyl (C=O) groups excluding carboxylic acids is 2. The second kappa shape index (κ2) is 12.7. The van der Waals surface area contributed by atoms with Crippen LogP contribution in [0.15, 0.2) is 103 Å². The molecule has 0 saturated carbocycles. The van der Waals surface area contributed by atoms with Crippen molar-refractivity contribution in [1.82, 2.24) is 5.32 Å². The number of rotatable bonds is 10. The summed E-state index contributed by atoms with van der Waals surface area (Å²) in [5.74, 6) is 0.562. The van der Waals surface area contributed by atoms with Crippen LogP contribution in [0, 0.1) is 6.92 Å². The molecule has 188 valence electrons. The molecule has 2 N–H and O–H groups in total. The van der Waals surface area contributed by atoms with E-state index in [0.29, 0.717) is 28.6 Å². The topological polar surface area (TPSA) is 76.7 Å². The number of anilines is 1. The van der Waals surface area contributed by atoms with Crippen LogP contribution in [0.1, 0.15) is 21.5 Å². The zero-order valence-corrected chi connectivity index (χ0v) is 21.1. The summed E-state index contributed by atoms with van der Waals surface area (Å²) in [7, 11) is 0. The first kappa shape index (κ1) is 25.9. The Morgan fingerprint density at radius 3 is 2.16 bits per heavy atom. The molecule has 0 bridgehead atoms. The average Bonchev–Trinajstić information content (AvgIpc) is 2.92. The SMILES string of the molecule is Cc1cc(C(=O)NC(COCc2ccccc2)C(=O)Nc2ccc(Oc3ccccc3)cc2)ccc1Cl. The third-order valence-corrected chi connectivity index (χ3v) is 5.96. The molecule has 0 spiro atoms. The van der Waals surface area contributed by atoms with Crippen molar-refractivity contribution >= 4 is 29.1 Å². The molecule has 4 aromatic carbocycles. The lowest BCUT2D eigenvalue weighted by Crippen LogP contribution is -2.46. The maximum absolute atomic E-state index is 13.2. The number of benzene rings is 4. The zero-order chi connectivity index (χ0) is 26.0. The second-order valence-electron chi connectivity index (χ2n) is 8.42. The smallest absolute Gasteiger partial charge is 0.252 e. The summed E-state index contributed by atoms with van der Waals surface area (Å²) in [6, 6.07) is 30.1. The van der Waals surface area contributed by atoms with E-state index in [4.69, 9.17) is 21.1 Å². The molecule has 0 fully saturated rings. The summed E-state index contributed by atoms with van der Waals surface area (Å²) in [4.78, 5) is 26.1. The molecule has 1 atom stereocenters. The first-order valence-electron chi connectivity index (χ1n) is 11.8. The molecule has 4 aromatic rings. The maximum Gasteiger partial charge on any atom is 0.252 e. The van der Waals surface area contributed by atoms with E-state index >= 15 is 0 Å². The molecule has 2 amide bonds. The summed E-state index contributed by atoms with van der Waals surface area (Å²) >= 11 is 6.09. The molecule has 7 heteroatoms. The fourth-order valence-electron chi connectivity index (χ4n) is 3.54. The van der Waals surface area contributed by atoms with Crippen molar-refractivity contribution in [3.05, 3.63) is 125 Å². The third-order valence-electron chi connectivity index (χ3n) is 5.54. The molecule has 37 heavy (non-hydrogen) atoms. The van der Waals surface area contributed by atoms with E-state index in [1.54, 1.807) is 42.5 Å². The highest BCUT2D eigenvalue weighted by Gasteiger charge is 2.22. The van der Waals surface area contributed by atoms with E-state index < -0.39 is 17.9 Å². The average molecular weight is 515 g/mol. The van der Waals surface area contributed by atoms with Gasteiger partial charge in [-0.15, -0.1) is 0 Å². The van der Waals surface area contributed by atoms with Gasteiger partial charge in [-0.25, -0.2) is 0 Å². The van der Waals surface area contributed by atoms with Crippen molar-refractivity contribution in [2.75, 3.05) is 11.9 Å². The molecule has 0 heterocycles. The quantitative estimate of drug-likeness (QED) is 0.257. The van der Waals surface area contributed by atoms with Crippen molar-refractivity contribution in [2.45, 2.75) is 19.6 Å². The second-order valence-corrected chi connectivity index (χ2v) is 8.83. The number of aryl methyl sites for hydroxylation is 1. The lowest BCUT2D eigenvalue weighted by Gasteiger charge is -2.19.